The largest absolute Gasteiger partial charge is 0.453 e. The smallest absolute Gasteiger partial charge is 0.326 e. The predicted octanol–water partition coefficient (Wildman–Crippen LogP) is 2.89. The van der Waals surface area contributed by atoms with Crippen molar-refractivity contribution in [3.05, 3.63) is 52.2 Å². The van der Waals surface area contributed by atoms with E-state index >= 15 is 0 Å². The SMILES string of the molecule is CC(C)C(=O)Nc1ccc(C(=O)C(C)OC(=O)CNC(=O)c2cccs2)cc1. The number of nitrogens with one attached hydrogen (secondary N) is 2. The third-order valence-corrected chi connectivity index (χ3v) is 4.65. The summed E-state index contributed by atoms with van der Waals surface area (Å²) >= 11 is 1.26. The molecule has 1 heterocycles. The van der Waals surface area contributed by atoms with E-state index in [1.807, 2.05) is 0 Å². The summed E-state index contributed by atoms with van der Waals surface area (Å²) in [5.74, 6) is -1.72. The molecular weight excluding hydrogens is 380 g/mol. The fourth-order valence-corrected chi connectivity index (χ4v) is 2.82. The predicted molar refractivity (Wildman–Crippen MR) is 106 cm³/mol. The number of ether oxygens (including phenoxy) is 1. The molecule has 28 heavy (non-hydrogen) atoms. The lowest BCUT2D eigenvalue weighted by molar-refractivity contribution is -0.145. The molecule has 0 radical (unpaired) electrons. The van der Waals surface area contributed by atoms with E-state index in [1.165, 1.54) is 18.3 Å². The number of benzene rings is 1. The van der Waals surface area contributed by atoms with E-state index in [-0.39, 0.29) is 30.1 Å². The van der Waals surface area contributed by atoms with Gasteiger partial charge in [-0.15, -0.1) is 11.3 Å². The molecule has 1 atom stereocenters. The molecule has 0 spiro atoms. The lowest BCUT2D eigenvalue weighted by atomic mass is 10.1. The standard InChI is InChI=1S/C20H22N2O5S/c1-12(2)19(25)22-15-8-6-14(7-9-15)18(24)13(3)27-17(23)11-21-20(26)16-5-4-10-28-16/h4-10,12-13H,11H2,1-3H3,(H,21,26)(H,22,25). The van der Waals surface area contributed by atoms with E-state index in [1.54, 1.807) is 55.6 Å². The lowest BCUT2D eigenvalue weighted by Gasteiger charge is -2.13. The zero-order valence-corrected chi connectivity index (χ0v) is 16.7. The van der Waals surface area contributed by atoms with Crippen molar-refractivity contribution in [1.29, 1.82) is 0 Å². The zero-order valence-electron chi connectivity index (χ0n) is 15.9. The lowest BCUT2D eigenvalue weighted by Crippen LogP contribution is -2.33. The van der Waals surface area contributed by atoms with Crippen LogP contribution >= 0.6 is 11.3 Å². The van der Waals surface area contributed by atoms with Crippen LogP contribution < -0.4 is 10.6 Å². The molecule has 0 aliphatic carbocycles. The monoisotopic (exact) mass is 402 g/mol. The van der Waals surface area contributed by atoms with Gasteiger partial charge in [-0.25, -0.2) is 0 Å². The van der Waals surface area contributed by atoms with Crippen LogP contribution in [0, 0.1) is 5.92 Å². The molecule has 8 heteroatoms. The molecule has 148 valence electrons. The Hall–Kier alpha value is -3.00. The number of carbonyl (C=O) groups is 4. The van der Waals surface area contributed by atoms with Gasteiger partial charge in [-0.05, 0) is 42.6 Å². The van der Waals surface area contributed by atoms with Gasteiger partial charge in [0, 0.05) is 17.2 Å². The van der Waals surface area contributed by atoms with Crippen molar-refractivity contribution in [2.75, 3.05) is 11.9 Å². The van der Waals surface area contributed by atoms with Crippen LogP contribution in [0.15, 0.2) is 41.8 Å². The first kappa shape index (κ1) is 21.3. The summed E-state index contributed by atoms with van der Waals surface area (Å²) in [6.45, 7) is 4.71. The van der Waals surface area contributed by atoms with E-state index in [4.69, 9.17) is 4.74 Å². The number of esters is 1. The van der Waals surface area contributed by atoms with Crippen LogP contribution in [-0.2, 0) is 14.3 Å². The Labute approximate surface area is 167 Å². The van der Waals surface area contributed by atoms with Gasteiger partial charge in [-0.2, -0.15) is 0 Å². The minimum absolute atomic E-state index is 0.119. The zero-order chi connectivity index (χ0) is 20.7. The summed E-state index contributed by atoms with van der Waals surface area (Å²) in [6, 6.07) is 9.72. The average molecular weight is 402 g/mol. The number of Topliss-reactive ketones (excluding diaryl/α,β-unsaturated/α-hetero) is 1. The molecule has 0 fully saturated rings. The van der Waals surface area contributed by atoms with Crippen molar-refractivity contribution in [1.82, 2.24) is 5.32 Å². The Morgan fingerprint density at radius 2 is 1.71 bits per heavy atom. The second kappa shape index (κ2) is 9.80. The van der Waals surface area contributed by atoms with Crippen molar-refractivity contribution in [3.63, 3.8) is 0 Å². The molecule has 0 aliphatic heterocycles. The molecule has 1 aromatic carbocycles. The second-order valence-electron chi connectivity index (χ2n) is 6.38. The Balaban J connectivity index is 1.85. The van der Waals surface area contributed by atoms with Crippen LogP contribution in [0.1, 0.15) is 40.8 Å². The summed E-state index contributed by atoms with van der Waals surface area (Å²) in [6.07, 6.45) is -0.998. The quantitative estimate of drug-likeness (QED) is 0.522. The van der Waals surface area contributed by atoms with E-state index in [9.17, 15) is 19.2 Å². The first-order valence-electron chi connectivity index (χ1n) is 8.74. The number of hydrogen-bond acceptors (Lipinski definition) is 6. The summed E-state index contributed by atoms with van der Waals surface area (Å²) in [7, 11) is 0. The highest BCUT2D eigenvalue weighted by molar-refractivity contribution is 7.12. The van der Waals surface area contributed by atoms with Gasteiger partial charge >= 0.3 is 5.97 Å². The Bertz CT molecular complexity index is 844. The van der Waals surface area contributed by atoms with Crippen LogP contribution in [-0.4, -0.2) is 36.2 Å². The van der Waals surface area contributed by atoms with Gasteiger partial charge in [-0.3, -0.25) is 19.2 Å². The van der Waals surface area contributed by atoms with E-state index in [2.05, 4.69) is 10.6 Å². The number of anilines is 1. The molecule has 2 amide bonds. The Morgan fingerprint density at radius 3 is 2.29 bits per heavy atom. The maximum Gasteiger partial charge on any atom is 0.326 e. The van der Waals surface area contributed by atoms with Crippen LogP contribution in [0.4, 0.5) is 5.69 Å². The topological polar surface area (TPSA) is 102 Å². The van der Waals surface area contributed by atoms with Gasteiger partial charge in [0.05, 0.1) is 4.88 Å². The number of rotatable bonds is 8. The van der Waals surface area contributed by atoms with Crippen molar-refractivity contribution in [2.24, 2.45) is 5.92 Å². The average Bonchev–Trinajstić information content (AvgIpc) is 3.20. The second-order valence-corrected chi connectivity index (χ2v) is 7.33. The Morgan fingerprint density at radius 1 is 1.04 bits per heavy atom. The summed E-state index contributed by atoms with van der Waals surface area (Å²) in [4.78, 5) is 48.2. The first-order valence-corrected chi connectivity index (χ1v) is 9.62. The van der Waals surface area contributed by atoms with E-state index in [0.717, 1.165) is 0 Å². The molecule has 2 N–H and O–H groups in total. The summed E-state index contributed by atoms with van der Waals surface area (Å²) < 4.78 is 5.09. The van der Waals surface area contributed by atoms with Crippen LogP contribution in [0.5, 0.6) is 0 Å². The number of amides is 2. The molecule has 2 aromatic rings. The van der Waals surface area contributed by atoms with Crippen LogP contribution in [0.2, 0.25) is 0 Å². The molecular formula is C20H22N2O5S. The maximum absolute atomic E-state index is 12.4. The minimum atomic E-state index is -0.998. The molecule has 1 aromatic heterocycles. The molecule has 0 saturated carbocycles. The number of ketones is 1. The number of thiophene rings is 1. The Kier molecular flexibility index (Phi) is 7.45. The van der Waals surface area contributed by atoms with Crippen molar-refractivity contribution < 1.29 is 23.9 Å². The van der Waals surface area contributed by atoms with Crippen LogP contribution in [0.25, 0.3) is 0 Å². The molecule has 7 nitrogen and oxygen atoms in total. The van der Waals surface area contributed by atoms with Gasteiger partial charge in [0.2, 0.25) is 11.7 Å². The normalized spacial score (nSPS) is 11.6. The summed E-state index contributed by atoms with van der Waals surface area (Å²) in [5.41, 5.74) is 0.932. The number of carbonyl (C=O) groups excluding carboxylic acids is 4. The number of hydrogen-bond donors (Lipinski definition) is 2. The van der Waals surface area contributed by atoms with Gasteiger partial charge in [0.1, 0.15) is 6.54 Å². The van der Waals surface area contributed by atoms with Gasteiger partial charge < -0.3 is 15.4 Å². The van der Waals surface area contributed by atoms with Gasteiger partial charge in [0.25, 0.3) is 5.91 Å². The molecule has 2 rings (SSSR count). The summed E-state index contributed by atoms with van der Waals surface area (Å²) in [5, 5.41) is 6.94. The third kappa shape index (κ3) is 6.02. The molecule has 1 unspecified atom stereocenters. The highest BCUT2D eigenvalue weighted by atomic mass is 32.1. The molecule has 0 saturated heterocycles. The maximum atomic E-state index is 12.4. The van der Waals surface area contributed by atoms with Crippen molar-refractivity contribution in [3.8, 4) is 0 Å². The minimum Gasteiger partial charge on any atom is -0.453 e. The highest BCUT2D eigenvalue weighted by Crippen LogP contribution is 2.14. The van der Waals surface area contributed by atoms with Gasteiger partial charge in [0.15, 0.2) is 6.10 Å². The molecule has 0 bridgehead atoms. The third-order valence-electron chi connectivity index (χ3n) is 3.78. The van der Waals surface area contributed by atoms with E-state index < -0.39 is 12.1 Å². The highest BCUT2D eigenvalue weighted by Gasteiger charge is 2.20. The van der Waals surface area contributed by atoms with Crippen LogP contribution in [0.3, 0.4) is 0 Å². The fourth-order valence-electron chi connectivity index (χ4n) is 2.18. The molecule has 0 aliphatic rings. The fraction of sp³-hybridized carbons (Fsp3) is 0.300. The van der Waals surface area contributed by atoms with Crippen molar-refractivity contribution in [2.45, 2.75) is 26.9 Å². The van der Waals surface area contributed by atoms with E-state index in [0.29, 0.717) is 16.1 Å². The van der Waals surface area contributed by atoms with Gasteiger partial charge in [-0.1, -0.05) is 19.9 Å². The first-order chi connectivity index (χ1) is 13.3. The van der Waals surface area contributed by atoms with Crippen molar-refractivity contribution >= 4 is 40.6 Å².